The van der Waals surface area contributed by atoms with E-state index in [4.69, 9.17) is 0 Å². The highest BCUT2D eigenvalue weighted by Gasteiger charge is 2.39. The molecule has 13 heavy (non-hydrogen) atoms. The van der Waals surface area contributed by atoms with E-state index in [1.54, 1.807) is 0 Å². The normalized spacial score (nSPS) is 36.7. The molecule has 1 aliphatic heterocycles. The van der Waals surface area contributed by atoms with Crippen molar-refractivity contribution in [1.29, 1.82) is 0 Å². The van der Waals surface area contributed by atoms with Gasteiger partial charge in [0.2, 0.25) is 0 Å². The number of hydrogen-bond acceptors (Lipinski definition) is 2. The lowest BCUT2D eigenvalue weighted by atomic mass is 9.97. The zero-order chi connectivity index (χ0) is 7.84. The van der Waals surface area contributed by atoms with Crippen molar-refractivity contribution in [2.24, 2.45) is 11.8 Å². The van der Waals surface area contributed by atoms with Crippen molar-refractivity contribution < 1.29 is 0 Å². The van der Waals surface area contributed by atoms with Crippen LogP contribution in [0.25, 0.3) is 0 Å². The fraction of sp³-hybridized carbons (Fsp3) is 1.00. The number of rotatable bonds is 1. The van der Waals surface area contributed by atoms with Crippen molar-refractivity contribution in [3.8, 4) is 0 Å². The van der Waals surface area contributed by atoms with Gasteiger partial charge in [0, 0.05) is 6.04 Å². The minimum atomic E-state index is 0. The van der Waals surface area contributed by atoms with Crippen molar-refractivity contribution in [3.63, 3.8) is 0 Å². The zero-order valence-corrected chi connectivity index (χ0v) is 9.96. The third-order valence-corrected chi connectivity index (χ3v) is 3.38. The summed E-state index contributed by atoms with van der Waals surface area (Å²) in [7, 11) is 4.43. The summed E-state index contributed by atoms with van der Waals surface area (Å²) in [4.78, 5) is 2.40. The maximum atomic E-state index is 3.48. The summed E-state index contributed by atoms with van der Waals surface area (Å²) in [5.41, 5.74) is 0. The maximum Gasteiger partial charge on any atom is 0.0133 e. The second-order valence-corrected chi connectivity index (χ2v) is 4.19. The molecule has 3 atom stereocenters. The molecule has 80 valence electrons. The molecule has 1 saturated carbocycles. The van der Waals surface area contributed by atoms with Crippen LogP contribution in [0.15, 0.2) is 0 Å². The predicted molar refractivity (Wildman–Crippen MR) is 61.1 cm³/mol. The van der Waals surface area contributed by atoms with Gasteiger partial charge in [-0.05, 0) is 51.9 Å². The van der Waals surface area contributed by atoms with E-state index < -0.39 is 0 Å². The topological polar surface area (TPSA) is 15.3 Å². The van der Waals surface area contributed by atoms with Crippen LogP contribution in [0.1, 0.15) is 12.8 Å². The minimum absolute atomic E-state index is 0. The number of nitrogens with zero attached hydrogens (tertiary/aromatic N) is 1. The van der Waals surface area contributed by atoms with Crippen LogP contribution in [0.4, 0.5) is 0 Å². The molecule has 2 nitrogen and oxygen atoms in total. The van der Waals surface area contributed by atoms with Gasteiger partial charge in [-0.25, -0.2) is 0 Å². The lowest BCUT2D eigenvalue weighted by molar-refractivity contribution is 0.236. The molecule has 2 fully saturated rings. The van der Waals surface area contributed by atoms with E-state index in [2.05, 4.69) is 24.3 Å². The number of hydrogen-bond donors (Lipinski definition) is 1. The van der Waals surface area contributed by atoms with E-state index in [-0.39, 0.29) is 24.8 Å². The molecular formula is C9H20Cl2N2. The molecule has 1 N–H and O–H groups in total. The summed E-state index contributed by atoms with van der Waals surface area (Å²) in [6, 6.07) is 0.856. The second-order valence-electron chi connectivity index (χ2n) is 4.19. The lowest BCUT2D eigenvalue weighted by Crippen LogP contribution is -2.34. The van der Waals surface area contributed by atoms with Crippen LogP contribution in [0.3, 0.4) is 0 Å². The van der Waals surface area contributed by atoms with Gasteiger partial charge in [0.1, 0.15) is 0 Å². The highest BCUT2D eigenvalue weighted by molar-refractivity contribution is 5.85. The Morgan fingerprint density at radius 1 is 1.08 bits per heavy atom. The molecule has 2 aliphatic rings. The Morgan fingerprint density at radius 2 is 1.77 bits per heavy atom. The lowest BCUT2D eigenvalue weighted by Gasteiger charge is -2.24. The first-order chi connectivity index (χ1) is 5.29. The SMILES string of the molecule is CN(C)C1CCC2CNCC21.Cl.Cl. The summed E-state index contributed by atoms with van der Waals surface area (Å²) in [5.74, 6) is 1.94. The van der Waals surface area contributed by atoms with Crippen LogP contribution in [0.5, 0.6) is 0 Å². The van der Waals surface area contributed by atoms with Crippen LogP contribution >= 0.6 is 24.8 Å². The quantitative estimate of drug-likeness (QED) is 0.728. The first-order valence-corrected chi connectivity index (χ1v) is 4.66. The number of fused-ring (bicyclic) bond motifs is 1. The van der Waals surface area contributed by atoms with Crippen LogP contribution < -0.4 is 5.32 Å². The van der Waals surface area contributed by atoms with Gasteiger partial charge in [0.25, 0.3) is 0 Å². The monoisotopic (exact) mass is 226 g/mol. The van der Waals surface area contributed by atoms with E-state index in [0.29, 0.717) is 0 Å². The van der Waals surface area contributed by atoms with Gasteiger partial charge in [-0.15, -0.1) is 24.8 Å². The summed E-state index contributed by atoms with van der Waals surface area (Å²) < 4.78 is 0. The first kappa shape index (κ1) is 13.5. The van der Waals surface area contributed by atoms with Crippen LogP contribution in [-0.2, 0) is 0 Å². The molecule has 3 unspecified atom stereocenters. The molecule has 0 amide bonds. The van der Waals surface area contributed by atoms with E-state index in [1.807, 2.05) is 0 Å². The Hall–Kier alpha value is 0.500. The van der Waals surface area contributed by atoms with Crippen LogP contribution in [0.2, 0.25) is 0 Å². The van der Waals surface area contributed by atoms with Crippen LogP contribution in [0, 0.1) is 11.8 Å². The maximum absolute atomic E-state index is 3.48. The molecule has 0 bridgehead atoms. The summed E-state index contributed by atoms with van der Waals surface area (Å²) >= 11 is 0. The smallest absolute Gasteiger partial charge is 0.0133 e. The Labute approximate surface area is 93.3 Å². The standard InChI is InChI=1S/C9H18N2.2ClH/c1-11(2)9-4-3-7-5-10-6-8(7)9;;/h7-10H,3-6H2,1-2H3;2*1H. The molecule has 2 rings (SSSR count). The Bertz CT molecular complexity index is 153. The second kappa shape index (κ2) is 5.40. The van der Waals surface area contributed by atoms with Gasteiger partial charge in [-0.1, -0.05) is 0 Å². The molecule has 1 heterocycles. The molecule has 1 aliphatic carbocycles. The fourth-order valence-electron chi connectivity index (χ4n) is 2.76. The summed E-state index contributed by atoms with van der Waals surface area (Å²) in [6.45, 7) is 2.53. The Morgan fingerprint density at radius 3 is 2.38 bits per heavy atom. The number of nitrogens with one attached hydrogen (secondary N) is 1. The third-order valence-electron chi connectivity index (χ3n) is 3.38. The molecule has 0 aromatic carbocycles. The van der Waals surface area contributed by atoms with Crippen molar-refractivity contribution in [2.45, 2.75) is 18.9 Å². The van der Waals surface area contributed by atoms with E-state index in [9.17, 15) is 0 Å². The highest BCUT2D eigenvalue weighted by atomic mass is 35.5. The zero-order valence-electron chi connectivity index (χ0n) is 8.32. The van der Waals surface area contributed by atoms with Gasteiger partial charge in [0.05, 0.1) is 0 Å². The first-order valence-electron chi connectivity index (χ1n) is 4.66. The molecule has 0 aromatic heterocycles. The van der Waals surface area contributed by atoms with Crippen molar-refractivity contribution in [2.75, 3.05) is 27.2 Å². The molecule has 0 spiro atoms. The summed E-state index contributed by atoms with van der Waals surface area (Å²) in [6.07, 6.45) is 2.87. The largest absolute Gasteiger partial charge is 0.316 e. The molecule has 1 saturated heterocycles. The van der Waals surface area contributed by atoms with Crippen molar-refractivity contribution >= 4 is 24.8 Å². The predicted octanol–water partition coefficient (Wildman–Crippen LogP) is 1.39. The van der Waals surface area contributed by atoms with Gasteiger partial charge < -0.3 is 10.2 Å². The summed E-state index contributed by atoms with van der Waals surface area (Å²) in [5, 5.41) is 3.48. The van der Waals surface area contributed by atoms with Crippen molar-refractivity contribution in [3.05, 3.63) is 0 Å². The van der Waals surface area contributed by atoms with Gasteiger partial charge in [0.15, 0.2) is 0 Å². The average Bonchev–Trinajstić information content (AvgIpc) is 2.41. The van der Waals surface area contributed by atoms with Gasteiger partial charge in [-0.3, -0.25) is 0 Å². The van der Waals surface area contributed by atoms with E-state index >= 15 is 0 Å². The Balaban J connectivity index is 0.000000720. The third kappa shape index (κ3) is 2.50. The molecule has 0 radical (unpaired) electrons. The van der Waals surface area contributed by atoms with E-state index in [1.165, 1.54) is 25.9 Å². The fourth-order valence-corrected chi connectivity index (χ4v) is 2.76. The number of halogens is 2. The molecule has 4 heteroatoms. The van der Waals surface area contributed by atoms with E-state index in [0.717, 1.165) is 17.9 Å². The van der Waals surface area contributed by atoms with Gasteiger partial charge >= 0.3 is 0 Å². The van der Waals surface area contributed by atoms with Crippen LogP contribution in [-0.4, -0.2) is 38.1 Å². The van der Waals surface area contributed by atoms with Crippen molar-refractivity contribution in [1.82, 2.24) is 10.2 Å². The highest BCUT2D eigenvalue weighted by Crippen LogP contribution is 2.36. The van der Waals surface area contributed by atoms with Gasteiger partial charge in [-0.2, -0.15) is 0 Å². The molecular weight excluding hydrogens is 207 g/mol. The minimum Gasteiger partial charge on any atom is -0.316 e. The average molecular weight is 227 g/mol. The molecule has 0 aromatic rings. The Kier molecular flexibility index (Phi) is 5.61.